The number of pyridine rings is 1. The second-order valence-corrected chi connectivity index (χ2v) is 9.38. The summed E-state index contributed by atoms with van der Waals surface area (Å²) in [6, 6.07) is 10.4. The zero-order chi connectivity index (χ0) is 30.2. The summed E-state index contributed by atoms with van der Waals surface area (Å²) in [7, 11) is 1.54. The molecule has 1 saturated heterocycles. The Kier molecular flexibility index (Phi) is 8.25. The molecule has 2 aromatic carbocycles. The largest absolute Gasteiger partial charge is 0.573 e. The van der Waals surface area contributed by atoms with Crippen molar-refractivity contribution in [2.45, 2.75) is 43.6 Å². The highest BCUT2D eigenvalue weighted by Crippen LogP contribution is 2.41. The van der Waals surface area contributed by atoms with Crippen LogP contribution in [0.2, 0.25) is 0 Å². The summed E-state index contributed by atoms with van der Waals surface area (Å²) < 4.78 is 121. The Balaban J connectivity index is 1.61. The first kappa shape index (κ1) is 30.2. The minimum absolute atomic E-state index is 0.00741. The maximum Gasteiger partial charge on any atom is 0.573 e. The van der Waals surface area contributed by atoms with Gasteiger partial charge in [0.1, 0.15) is 11.4 Å². The third kappa shape index (κ3) is 7.29. The molecule has 0 saturated carbocycles. The molecule has 4 rings (SSSR count). The quantitative estimate of drug-likeness (QED) is 0.277. The summed E-state index contributed by atoms with van der Waals surface area (Å²) in [5.74, 6) is -1.10. The van der Waals surface area contributed by atoms with E-state index in [1.165, 1.54) is 41.3 Å². The molecule has 3 aromatic rings. The molecule has 0 bridgehead atoms. The van der Waals surface area contributed by atoms with Crippen LogP contribution in [0.1, 0.15) is 35.0 Å². The number of hydrogen-bond donors (Lipinski definition) is 0. The number of amides is 1. The molecule has 2 heterocycles. The molecule has 0 aliphatic carbocycles. The van der Waals surface area contributed by atoms with E-state index in [1.54, 1.807) is 11.9 Å². The number of anilines is 1. The lowest BCUT2D eigenvalue weighted by Crippen LogP contribution is -2.40. The topological polar surface area (TPSA) is 45.7 Å². The summed E-state index contributed by atoms with van der Waals surface area (Å²) in [6.45, 7) is 0.0895. The summed E-state index contributed by atoms with van der Waals surface area (Å²) in [5, 5.41) is 0. The predicted molar refractivity (Wildman–Crippen MR) is 129 cm³/mol. The molecule has 1 fully saturated rings. The molecule has 2 atom stereocenters. The Morgan fingerprint density at radius 2 is 1.56 bits per heavy atom. The van der Waals surface area contributed by atoms with Gasteiger partial charge in [-0.25, -0.2) is 4.98 Å². The number of nitrogens with zero attached hydrogens (tertiary/aromatic N) is 3. The lowest BCUT2D eigenvalue weighted by atomic mass is 9.99. The van der Waals surface area contributed by atoms with E-state index >= 15 is 0 Å². The average Bonchev–Trinajstić information content (AvgIpc) is 3.23. The zero-order valence-electron chi connectivity index (χ0n) is 21.2. The van der Waals surface area contributed by atoms with E-state index in [0.717, 1.165) is 30.3 Å². The van der Waals surface area contributed by atoms with E-state index in [9.17, 15) is 44.3 Å². The minimum Gasteiger partial charge on any atom is -0.406 e. The highest BCUT2D eigenvalue weighted by molar-refractivity contribution is 6.00. The van der Waals surface area contributed by atoms with Crippen LogP contribution in [0.4, 0.5) is 45.2 Å². The van der Waals surface area contributed by atoms with Gasteiger partial charge in [-0.05, 0) is 67.6 Å². The van der Waals surface area contributed by atoms with Crippen molar-refractivity contribution < 1.29 is 49.0 Å². The van der Waals surface area contributed by atoms with Gasteiger partial charge in [0.05, 0.1) is 17.6 Å². The van der Waals surface area contributed by atoms with Crippen LogP contribution in [0.25, 0.3) is 0 Å². The average molecular weight is 591 g/mol. The third-order valence-corrected chi connectivity index (χ3v) is 6.58. The monoisotopic (exact) mass is 591 g/mol. The Bertz CT molecular complexity index is 1370. The van der Waals surface area contributed by atoms with Crippen molar-refractivity contribution >= 4 is 11.6 Å². The molecule has 0 N–H and O–H groups in total. The molecule has 1 aliphatic rings. The van der Waals surface area contributed by atoms with Gasteiger partial charge in [0.25, 0.3) is 0 Å². The number of carbonyl (C=O) groups is 1. The third-order valence-electron chi connectivity index (χ3n) is 6.58. The number of aromatic nitrogens is 1. The van der Waals surface area contributed by atoms with Gasteiger partial charge in [0.15, 0.2) is 0 Å². The lowest BCUT2D eigenvalue weighted by molar-refractivity contribution is -0.274. The number of rotatable bonds is 7. The van der Waals surface area contributed by atoms with E-state index in [0.29, 0.717) is 0 Å². The SMILES string of the molecule is CN(CCc1cccc(C(F)(F)F)n1)C1CC(c2cccc(C(F)(F)F)c2)N(c2ccc(OC(F)(F)F)cc2)C1=O. The second kappa shape index (κ2) is 11.2. The molecule has 41 heavy (non-hydrogen) atoms. The van der Waals surface area contributed by atoms with E-state index < -0.39 is 53.7 Å². The van der Waals surface area contributed by atoms with Gasteiger partial charge in [-0.2, -0.15) is 26.3 Å². The molecular formula is C27H22F9N3O2. The van der Waals surface area contributed by atoms with Crippen molar-refractivity contribution in [2.75, 3.05) is 18.5 Å². The molecule has 0 radical (unpaired) electrons. The van der Waals surface area contributed by atoms with Crippen LogP contribution in [0.5, 0.6) is 5.75 Å². The molecule has 2 unspecified atom stereocenters. The molecule has 220 valence electrons. The minimum atomic E-state index is -4.95. The van der Waals surface area contributed by atoms with Crippen molar-refractivity contribution in [2.24, 2.45) is 0 Å². The van der Waals surface area contributed by atoms with Gasteiger partial charge in [0, 0.05) is 24.3 Å². The van der Waals surface area contributed by atoms with Crippen molar-refractivity contribution in [1.29, 1.82) is 0 Å². The summed E-state index contributed by atoms with van der Waals surface area (Å²) in [5.41, 5.74) is -1.60. The smallest absolute Gasteiger partial charge is 0.406 e. The van der Waals surface area contributed by atoms with E-state index in [4.69, 9.17) is 0 Å². The van der Waals surface area contributed by atoms with Gasteiger partial charge in [-0.15, -0.1) is 13.2 Å². The van der Waals surface area contributed by atoms with Crippen LogP contribution in [0.3, 0.4) is 0 Å². The van der Waals surface area contributed by atoms with Crippen LogP contribution in [0.15, 0.2) is 66.7 Å². The Hall–Kier alpha value is -3.81. The molecule has 1 amide bonds. The van der Waals surface area contributed by atoms with E-state index in [2.05, 4.69) is 9.72 Å². The van der Waals surface area contributed by atoms with Crippen LogP contribution in [-0.4, -0.2) is 41.8 Å². The molecule has 0 spiro atoms. The molecule has 1 aliphatic heterocycles. The van der Waals surface area contributed by atoms with Crippen molar-refractivity contribution in [3.8, 4) is 5.75 Å². The summed E-state index contributed by atoms with van der Waals surface area (Å²) in [4.78, 5) is 20.0. The molecule has 5 nitrogen and oxygen atoms in total. The first-order chi connectivity index (χ1) is 19.0. The number of halogens is 9. The Morgan fingerprint density at radius 3 is 2.17 bits per heavy atom. The van der Waals surface area contributed by atoms with Crippen LogP contribution >= 0.6 is 0 Å². The fourth-order valence-electron chi connectivity index (χ4n) is 4.65. The standard InChI is InChI=1S/C27H22F9N3O2/c1-38(13-12-18-6-3-7-23(37-18)26(31,32)33)22-15-21(16-4-2-5-17(14-16)25(28,29)30)39(24(22)40)19-8-10-20(11-9-19)41-27(34,35)36/h2-11,14,21-22H,12-13,15H2,1H3. The fraction of sp³-hybridized carbons (Fsp3) is 0.333. The predicted octanol–water partition coefficient (Wildman–Crippen LogP) is 7.04. The van der Waals surface area contributed by atoms with E-state index in [1.807, 2.05) is 0 Å². The van der Waals surface area contributed by atoms with Crippen molar-refractivity contribution in [1.82, 2.24) is 9.88 Å². The fourth-order valence-corrected chi connectivity index (χ4v) is 4.65. The molecule has 1 aromatic heterocycles. The number of benzene rings is 2. The summed E-state index contributed by atoms with van der Waals surface area (Å²) >= 11 is 0. The number of carbonyl (C=O) groups excluding carboxylic acids is 1. The normalized spacial score (nSPS) is 18.3. The highest BCUT2D eigenvalue weighted by atomic mass is 19.4. The van der Waals surface area contributed by atoms with Crippen LogP contribution < -0.4 is 9.64 Å². The first-order valence-electron chi connectivity index (χ1n) is 12.1. The van der Waals surface area contributed by atoms with Crippen LogP contribution in [0, 0.1) is 0 Å². The van der Waals surface area contributed by atoms with Gasteiger partial charge < -0.3 is 9.64 Å². The number of ether oxygens (including phenoxy) is 1. The number of hydrogen-bond acceptors (Lipinski definition) is 4. The van der Waals surface area contributed by atoms with Gasteiger partial charge in [-0.1, -0.05) is 18.2 Å². The number of alkyl halides is 9. The Labute approximate surface area is 228 Å². The zero-order valence-corrected chi connectivity index (χ0v) is 21.2. The van der Waals surface area contributed by atoms with E-state index in [-0.39, 0.29) is 36.3 Å². The van der Waals surface area contributed by atoms with Crippen LogP contribution in [-0.2, 0) is 23.6 Å². The summed E-state index contributed by atoms with van der Waals surface area (Å²) in [6.07, 6.45) is -14.2. The van der Waals surface area contributed by atoms with Crippen molar-refractivity contribution in [3.05, 3.63) is 89.2 Å². The van der Waals surface area contributed by atoms with Gasteiger partial charge in [-0.3, -0.25) is 9.69 Å². The van der Waals surface area contributed by atoms with Crippen molar-refractivity contribution in [3.63, 3.8) is 0 Å². The maximum absolute atomic E-state index is 13.6. The maximum atomic E-state index is 13.6. The first-order valence-corrected chi connectivity index (χ1v) is 12.1. The highest BCUT2D eigenvalue weighted by Gasteiger charge is 2.44. The second-order valence-electron chi connectivity index (χ2n) is 9.38. The lowest BCUT2D eigenvalue weighted by Gasteiger charge is -2.26. The number of likely N-dealkylation sites (N-methyl/N-ethyl adjacent to an activating group) is 1. The molecule has 14 heteroatoms. The Morgan fingerprint density at radius 1 is 0.902 bits per heavy atom. The van der Waals surface area contributed by atoms with Gasteiger partial charge in [0.2, 0.25) is 5.91 Å². The van der Waals surface area contributed by atoms with Gasteiger partial charge >= 0.3 is 18.7 Å². The molecular weight excluding hydrogens is 569 g/mol.